The normalized spacial score (nSPS) is 11.9. The first-order valence-corrected chi connectivity index (χ1v) is 9.31. The standard InChI is InChI=1S/C18H16FNO3S2/c19-13-1-3-14(4-2-13)23-10-17(21)20-9-15-5-6-16(25-15)18(22)12-7-8-24-11-12/h1-8,11,18,22H,9-10H2,(H,20,21)/t18-/m0/s1. The molecule has 0 radical (unpaired) electrons. The van der Waals surface area contributed by atoms with E-state index in [-0.39, 0.29) is 18.3 Å². The predicted molar refractivity (Wildman–Crippen MR) is 96.4 cm³/mol. The van der Waals surface area contributed by atoms with Crippen molar-refractivity contribution in [3.05, 3.63) is 74.4 Å². The molecule has 3 aromatic rings. The van der Waals surface area contributed by atoms with E-state index >= 15 is 0 Å². The highest BCUT2D eigenvalue weighted by molar-refractivity contribution is 7.12. The first-order chi connectivity index (χ1) is 12.1. The number of rotatable bonds is 7. The van der Waals surface area contributed by atoms with Gasteiger partial charge >= 0.3 is 0 Å². The summed E-state index contributed by atoms with van der Waals surface area (Å²) in [6, 6.07) is 11.1. The lowest BCUT2D eigenvalue weighted by Crippen LogP contribution is -2.28. The zero-order valence-corrected chi connectivity index (χ0v) is 14.8. The third-order valence-corrected chi connectivity index (χ3v) is 5.29. The Hall–Kier alpha value is -2.22. The zero-order valence-electron chi connectivity index (χ0n) is 13.1. The molecule has 130 valence electrons. The minimum Gasteiger partial charge on any atom is -0.484 e. The molecule has 2 aromatic heterocycles. The first-order valence-electron chi connectivity index (χ1n) is 7.55. The average Bonchev–Trinajstić information content (AvgIpc) is 3.30. The molecule has 0 saturated heterocycles. The Morgan fingerprint density at radius 1 is 1.20 bits per heavy atom. The van der Waals surface area contributed by atoms with E-state index < -0.39 is 6.10 Å². The van der Waals surface area contributed by atoms with Crippen LogP contribution in [-0.2, 0) is 11.3 Å². The lowest BCUT2D eigenvalue weighted by Gasteiger charge is -2.07. The summed E-state index contributed by atoms with van der Waals surface area (Å²) in [5.41, 5.74) is 0.870. The van der Waals surface area contributed by atoms with Crippen LogP contribution in [0.4, 0.5) is 4.39 Å². The molecule has 3 rings (SSSR count). The van der Waals surface area contributed by atoms with Crippen molar-refractivity contribution in [1.29, 1.82) is 0 Å². The van der Waals surface area contributed by atoms with Crippen molar-refractivity contribution in [3.8, 4) is 5.75 Å². The summed E-state index contributed by atoms with van der Waals surface area (Å²) in [7, 11) is 0. The van der Waals surface area contributed by atoms with Gasteiger partial charge < -0.3 is 15.2 Å². The number of carbonyl (C=O) groups is 1. The number of halogens is 1. The van der Waals surface area contributed by atoms with Gasteiger partial charge in [-0.2, -0.15) is 11.3 Å². The predicted octanol–water partition coefficient (Wildman–Crippen LogP) is 3.73. The smallest absolute Gasteiger partial charge is 0.258 e. The van der Waals surface area contributed by atoms with Crippen molar-refractivity contribution in [3.63, 3.8) is 0 Å². The molecule has 0 spiro atoms. The van der Waals surface area contributed by atoms with Crippen LogP contribution in [0.25, 0.3) is 0 Å². The molecular weight excluding hydrogens is 361 g/mol. The van der Waals surface area contributed by atoms with Crippen molar-refractivity contribution in [2.24, 2.45) is 0 Å². The van der Waals surface area contributed by atoms with E-state index in [1.165, 1.54) is 35.6 Å². The molecule has 7 heteroatoms. The molecule has 2 N–H and O–H groups in total. The Labute approximate surface area is 152 Å². The van der Waals surface area contributed by atoms with Crippen LogP contribution >= 0.6 is 22.7 Å². The molecule has 25 heavy (non-hydrogen) atoms. The highest BCUT2D eigenvalue weighted by atomic mass is 32.1. The molecule has 0 aliphatic carbocycles. The van der Waals surface area contributed by atoms with Crippen molar-refractivity contribution >= 4 is 28.6 Å². The number of hydrogen-bond donors (Lipinski definition) is 2. The van der Waals surface area contributed by atoms with Crippen LogP contribution < -0.4 is 10.1 Å². The van der Waals surface area contributed by atoms with Crippen molar-refractivity contribution in [1.82, 2.24) is 5.32 Å². The number of hydrogen-bond acceptors (Lipinski definition) is 5. The van der Waals surface area contributed by atoms with Crippen molar-refractivity contribution in [2.75, 3.05) is 6.61 Å². The summed E-state index contributed by atoms with van der Waals surface area (Å²) in [6.45, 7) is 0.230. The maximum atomic E-state index is 12.8. The third-order valence-electron chi connectivity index (χ3n) is 3.45. The third kappa shape index (κ3) is 4.88. The number of aliphatic hydroxyl groups is 1. The molecule has 0 unspecified atom stereocenters. The van der Waals surface area contributed by atoms with Gasteiger partial charge in [0, 0.05) is 9.75 Å². The fourth-order valence-corrected chi connectivity index (χ4v) is 3.79. The first kappa shape index (κ1) is 17.6. The zero-order chi connectivity index (χ0) is 17.6. The summed E-state index contributed by atoms with van der Waals surface area (Å²) >= 11 is 3.00. The molecule has 2 heterocycles. The van der Waals surface area contributed by atoms with Crippen LogP contribution in [0.2, 0.25) is 0 Å². The van der Waals surface area contributed by atoms with Gasteiger partial charge in [-0.1, -0.05) is 0 Å². The van der Waals surface area contributed by atoms with Gasteiger partial charge in [-0.3, -0.25) is 4.79 Å². The highest BCUT2D eigenvalue weighted by Gasteiger charge is 2.13. The second-order valence-corrected chi connectivity index (χ2v) is 7.26. The van der Waals surface area contributed by atoms with E-state index in [9.17, 15) is 14.3 Å². The van der Waals surface area contributed by atoms with Crippen LogP contribution in [0.15, 0.2) is 53.2 Å². The molecule has 0 aliphatic rings. The molecule has 4 nitrogen and oxygen atoms in total. The van der Waals surface area contributed by atoms with Crippen molar-refractivity contribution in [2.45, 2.75) is 12.6 Å². The van der Waals surface area contributed by atoms with Crippen LogP contribution in [0.1, 0.15) is 21.4 Å². The van der Waals surface area contributed by atoms with E-state index in [4.69, 9.17) is 4.74 Å². The highest BCUT2D eigenvalue weighted by Crippen LogP contribution is 2.29. The molecule has 0 fully saturated rings. The van der Waals surface area contributed by atoms with Crippen LogP contribution in [0.3, 0.4) is 0 Å². The minimum absolute atomic E-state index is 0.138. The van der Waals surface area contributed by atoms with E-state index in [2.05, 4.69) is 5.32 Å². The van der Waals surface area contributed by atoms with Gasteiger partial charge in [-0.25, -0.2) is 4.39 Å². The van der Waals surface area contributed by atoms with Crippen LogP contribution in [0.5, 0.6) is 5.75 Å². The fraction of sp³-hybridized carbons (Fsp3) is 0.167. The van der Waals surface area contributed by atoms with Gasteiger partial charge in [0.25, 0.3) is 5.91 Å². The molecule has 1 atom stereocenters. The molecule has 0 saturated carbocycles. The van der Waals surface area contributed by atoms with Gasteiger partial charge in [0.15, 0.2) is 6.61 Å². The minimum atomic E-state index is -0.637. The molecule has 1 amide bonds. The largest absolute Gasteiger partial charge is 0.484 e. The second kappa shape index (κ2) is 8.24. The number of carbonyl (C=O) groups excluding carboxylic acids is 1. The Bertz CT molecular complexity index is 815. The number of ether oxygens (including phenoxy) is 1. The summed E-state index contributed by atoms with van der Waals surface area (Å²) in [5, 5.41) is 16.9. The van der Waals surface area contributed by atoms with E-state index in [0.29, 0.717) is 12.3 Å². The molecular formula is C18H16FNO3S2. The second-order valence-electron chi connectivity index (χ2n) is 5.28. The van der Waals surface area contributed by atoms with Gasteiger partial charge in [0.1, 0.15) is 17.7 Å². The van der Waals surface area contributed by atoms with Gasteiger partial charge in [-0.05, 0) is 58.8 Å². The summed E-state index contributed by atoms with van der Waals surface area (Å²) < 4.78 is 18.1. The monoisotopic (exact) mass is 377 g/mol. The Morgan fingerprint density at radius 2 is 2.00 bits per heavy atom. The number of nitrogens with one attached hydrogen (secondary N) is 1. The summed E-state index contributed by atoms with van der Waals surface area (Å²) in [5.74, 6) is -0.179. The Balaban J connectivity index is 1.47. The van der Waals surface area contributed by atoms with E-state index in [0.717, 1.165) is 15.3 Å². The molecule has 1 aromatic carbocycles. The summed E-state index contributed by atoms with van der Waals surface area (Å²) in [6.07, 6.45) is -0.637. The van der Waals surface area contributed by atoms with E-state index in [1.54, 1.807) is 11.3 Å². The van der Waals surface area contributed by atoms with E-state index in [1.807, 2.05) is 29.0 Å². The average molecular weight is 377 g/mol. The fourth-order valence-electron chi connectivity index (χ4n) is 2.15. The van der Waals surface area contributed by atoms with Crippen LogP contribution in [-0.4, -0.2) is 17.6 Å². The van der Waals surface area contributed by atoms with Crippen molar-refractivity contribution < 1.29 is 19.0 Å². The topological polar surface area (TPSA) is 58.6 Å². The number of aliphatic hydroxyl groups excluding tert-OH is 1. The van der Waals surface area contributed by atoms with Gasteiger partial charge in [-0.15, -0.1) is 11.3 Å². The molecule has 0 bridgehead atoms. The van der Waals surface area contributed by atoms with Crippen LogP contribution in [0, 0.1) is 5.82 Å². The molecule has 0 aliphatic heterocycles. The summed E-state index contributed by atoms with van der Waals surface area (Å²) in [4.78, 5) is 13.6. The van der Waals surface area contributed by atoms with Gasteiger partial charge in [0.05, 0.1) is 6.54 Å². The number of amides is 1. The number of benzene rings is 1. The SMILES string of the molecule is O=C(COc1ccc(F)cc1)NCc1ccc([C@@H](O)c2ccsc2)s1. The maximum absolute atomic E-state index is 12.8. The number of thiophene rings is 2. The Morgan fingerprint density at radius 3 is 2.72 bits per heavy atom. The maximum Gasteiger partial charge on any atom is 0.258 e. The lowest BCUT2D eigenvalue weighted by atomic mass is 10.2. The van der Waals surface area contributed by atoms with Gasteiger partial charge in [0.2, 0.25) is 0 Å². The quantitative estimate of drug-likeness (QED) is 0.660. The Kier molecular flexibility index (Phi) is 5.80. The lowest BCUT2D eigenvalue weighted by molar-refractivity contribution is -0.123.